The summed E-state index contributed by atoms with van der Waals surface area (Å²) in [7, 11) is 4.65. The second-order valence-electron chi connectivity index (χ2n) is 17.4. The number of hydrogen-bond donors (Lipinski definition) is 2. The van der Waals surface area contributed by atoms with E-state index in [2.05, 4.69) is 26.0 Å². The van der Waals surface area contributed by atoms with Crippen LogP contribution in [-0.4, -0.2) is 115 Å². The van der Waals surface area contributed by atoms with Crippen LogP contribution in [0.25, 0.3) is 0 Å². The number of aliphatic hydroxyl groups excluding tert-OH is 1. The van der Waals surface area contributed by atoms with Gasteiger partial charge in [-0.3, -0.25) is 14.4 Å². The molecule has 12 heteroatoms. The van der Waals surface area contributed by atoms with E-state index in [1.165, 1.54) is 12.0 Å². The highest BCUT2D eigenvalue weighted by Crippen LogP contribution is 2.37. The van der Waals surface area contributed by atoms with Gasteiger partial charge in [0, 0.05) is 46.1 Å². The minimum atomic E-state index is -2.87. The van der Waals surface area contributed by atoms with E-state index >= 15 is 0 Å². The third-order valence-corrected chi connectivity index (χ3v) is 12.8. The number of piperidine rings is 1. The lowest BCUT2D eigenvalue weighted by molar-refractivity contribution is -0.251. The smallest absolute Gasteiger partial charge is 0.329 e. The predicted octanol–water partition coefficient (Wildman–Crippen LogP) is 5.89. The predicted molar refractivity (Wildman–Crippen MR) is 211 cm³/mol. The standard InChI is InChI=1S/C44H71NO11/c1-10-13-32-21-26(2)20-27(3)22-37(53-8)40-38(54-9)24-30(6)41(48)44(51,56-40)43(50)45-19-12-11-14-33(45)42(49)55-39(28(4)15-17-34(32)46)29(5)23-31-16-18-35(47)36(25-31)52-7/h21,23,27-28,30-33,35-40,47,51H,10-20,22,24-25H2,1-9H3/b26-21+,29-23+. The van der Waals surface area contributed by atoms with Crippen LogP contribution < -0.4 is 0 Å². The topological polar surface area (TPSA) is 158 Å². The largest absolute Gasteiger partial charge is 0.456 e. The molecular weight excluding hydrogens is 718 g/mol. The summed E-state index contributed by atoms with van der Waals surface area (Å²) in [6, 6.07) is -1.07. The van der Waals surface area contributed by atoms with Crippen LogP contribution in [0, 0.1) is 29.6 Å². The first kappa shape index (κ1) is 46.2. The van der Waals surface area contributed by atoms with Crippen LogP contribution in [0.1, 0.15) is 125 Å². The average molecular weight is 790 g/mol. The van der Waals surface area contributed by atoms with Crippen LogP contribution in [0.4, 0.5) is 0 Å². The number of methoxy groups -OCH3 is 3. The summed E-state index contributed by atoms with van der Waals surface area (Å²) in [6.07, 6.45) is 7.56. The molecule has 0 aromatic rings. The number of fused-ring (bicyclic) bond motifs is 3. The van der Waals surface area contributed by atoms with Crippen molar-refractivity contribution in [1.82, 2.24) is 4.90 Å². The molecular formula is C44H71NO11. The maximum absolute atomic E-state index is 14.6. The molecule has 2 saturated heterocycles. The van der Waals surface area contributed by atoms with Crippen molar-refractivity contribution in [3.05, 3.63) is 23.3 Å². The van der Waals surface area contributed by atoms with Crippen LogP contribution in [0.3, 0.4) is 0 Å². The molecule has 0 aromatic carbocycles. The molecule has 0 aromatic heterocycles. The van der Waals surface area contributed by atoms with Crippen molar-refractivity contribution in [2.75, 3.05) is 27.9 Å². The second kappa shape index (κ2) is 21.0. The van der Waals surface area contributed by atoms with Gasteiger partial charge in [0.2, 0.25) is 5.78 Å². The van der Waals surface area contributed by atoms with E-state index in [9.17, 15) is 29.4 Å². The Kier molecular flexibility index (Phi) is 17.3. The first-order valence-electron chi connectivity index (χ1n) is 21.2. The van der Waals surface area contributed by atoms with Gasteiger partial charge >= 0.3 is 11.8 Å². The van der Waals surface area contributed by atoms with E-state index in [-0.39, 0.29) is 54.9 Å². The number of aliphatic hydroxyl groups is 2. The van der Waals surface area contributed by atoms with Gasteiger partial charge < -0.3 is 38.8 Å². The number of allylic oxidation sites excluding steroid dienone is 3. The fourth-order valence-corrected chi connectivity index (χ4v) is 9.61. The molecule has 12 nitrogen and oxygen atoms in total. The summed E-state index contributed by atoms with van der Waals surface area (Å²) >= 11 is 0. The zero-order chi connectivity index (χ0) is 41.3. The number of ketones is 2. The van der Waals surface area contributed by atoms with Crippen LogP contribution in [-0.2, 0) is 42.9 Å². The van der Waals surface area contributed by atoms with Gasteiger partial charge in [0.05, 0.1) is 24.4 Å². The van der Waals surface area contributed by atoms with Crippen molar-refractivity contribution in [2.24, 2.45) is 29.6 Å². The van der Waals surface area contributed by atoms with Crippen molar-refractivity contribution in [1.29, 1.82) is 0 Å². The molecule has 0 radical (unpaired) electrons. The zero-order valence-corrected chi connectivity index (χ0v) is 35.5. The van der Waals surface area contributed by atoms with E-state index in [0.717, 1.165) is 30.4 Å². The lowest BCUT2D eigenvalue weighted by Gasteiger charge is -2.41. The average Bonchev–Trinajstić information content (AvgIpc) is 3.27. The minimum Gasteiger partial charge on any atom is -0.456 e. The molecule has 2 N–H and O–H groups in total. The normalized spacial score (nSPS) is 40.2. The molecule has 3 heterocycles. The van der Waals surface area contributed by atoms with Gasteiger partial charge in [-0.1, -0.05) is 51.8 Å². The fraction of sp³-hybridized carbons (Fsp3) is 0.818. The van der Waals surface area contributed by atoms with E-state index in [0.29, 0.717) is 51.4 Å². The van der Waals surface area contributed by atoms with E-state index in [1.54, 1.807) is 21.1 Å². The Morgan fingerprint density at radius 1 is 0.946 bits per heavy atom. The van der Waals surface area contributed by atoms with Crippen molar-refractivity contribution in [2.45, 2.75) is 173 Å². The van der Waals surface area contributed by atoms with E-state index < -0.39 is 65.9 Å². The van der Waals surface area contributed by atoms with Gasteiger partial charge in [-0.05, 0) is 108 Å². The lowest BCUT2D eigenvalue weighted by Crippen LogP contribution is -2.63. The summed E-state index contributed by atoms with van der Waals surface area (Å²) in [4.78, 5) is 58.3. The van der Waals surface area contributed by atoms with Gasteiger partial charge in [-0.15, -0.1) is 0 Å². The summed E-state index contributed by atoms with van der Waals surface area (Å²) in [5.74, 6) is -6.24. The summed E-state index contributed by atoms with van der Waals surface area (Å²) in [6.45, 7) is 11.9. The molecule has 318 valence electrons. The quantitative estimate of drug-likeness (QED) is 0.180. The molecule has 13 atom stereocenters. The molecule has 13 unspecified atom stereocenters. The number of amides is 1. The van der Waals surface area contributed by atoms with Crippen LogP contribution in [0.5, 0.6) is 0 Å². The third-order valence-electron chi connectivity index (χ3n) is 12.8. The Morgan fingerprint density at radius 2 is 1.62 bits per heavy atom. The Hall–Kier alpha value is -2.48. The van der Waals surface area contributed by atoms with Crippen LogP contribution in [0.15, 0.2) is 23.3 Å². The zero-order valence-electron chi connectivity index (χ0n) is 35.5. The second-order valence-corrected chi connectivity index (χ2v) is 17.4. The Morgan fingerprint density at radius 3 is 2.29 bits per heavy atom. The van der Waals surface area contributed by atoms with Crippen molar-refractivity contribution < 1.29 is 53.1 Å². The number of ether oxygens (including phenoxy) is 5. The third kappa shape index (κ3) is 11.2. The highest BCUT2D eigenvalue weighted by atomic mass is 16.7. The summed E-state index contributed by atoms with van der Waals surface area (Å²) in [5.41, 5.74) is 1.91. The maximum Gasteiger partial charge on any atom is 0.329 e. The number of carbonyl (C=O) groups excluding carboxylic acids is 4. The van der Waals surface area contributed by atoms with Gasteiger partial charge in [0.1, 0.15) is 24.0 Å². The minimum absolute atomic E-state index is 0.0591. The molecule has 1 amide bonds. The number of hydrogen-bond acceptors (Lipinski definition) is 11. The number of cyclic esters (lactones) is 1. The van der Waals surface area contributed by atoms with Crippen molar-refractivity contribution in [3.63, 3.8) is 0 Å². The molecule has 2 bridgehead atoms. The molecule has 4 rings (SSSR count). The Balaban J connectivity index is 1.79. The first-order valence-corrected chi connectivity index (χ1v) is 21.2. The van der Waals surface area contributed by atoms with Crippen molar-refractivity contribution >= 4 is 23.4 Å². The van der Waals surface area contributed by atoms with Gasteiger partial charge in [-0.25, -0.2) is 4.79 Å². The van der Waals surface area contributed by atoms with E-state index in [4.69, 9.17) is 23.7 Å². The molecule has 3 aliphatic heterocycles. The number of carbonyl (C=O) groups is 4. The number of Topliss-reactive ketones (excluding diaryl/α,β-unsaturated/α-hetero) is 2. The van der Waals surface area contributed by atoms with Gasteiger partial charge in [0.25, 0.3) is 5.91 Å². The number of nitrogens with zero attached hydrogens (tertiary/aromatic N) is 1. The number of rotatable bonds is 7. The number of esters is 1. The Labute approximate surface area is 335 Å². The highest BCUT2D eigenvalue weighted by Gasteiger charge is 2.57. The van der Waals surface area contributed by atoms with Crippen LogP contribution in [0.2, 0.25) is 0 Å². The SMILES string of the molecule is CCCC1/C=C(\C)CC(C)CC(OC)C2OC(O)(C(=O)C(C)CC2OC)C(=O)N2CCCCC2C(=O)OC(/C(C)=C/C2CCC(O)C(OC)C2)C(C)CCC1=O. The van der Waals surface area contributed by atoms with E-state index in [1.807, 2.05) is 20.8 Å². The first-order chi connectivity index (χ1) is 26.6. The Bertz CT molecular complexity index is 1410. The fourth-order valence-electron chi connectivity index (χ4n) is 9.61. The van der Waals surface area contributed by atoms with Gasteiger partial charge in [-0.2, -0.15) is 0 Å². The summed E-state index contributed by atoms with van der Waals surface area (Å²) in [5, 5.41) is 22.7. The molecule has 3 fully saturated rings. The maximum atomic E-state index is 14.6. The summed E-state index contributed by atoms with van der Waals surface area (Å²) < 4.78 is 30.1. The molecule has 1 aliphatic carbocycles. The highest BCUT2D eigenvalue weighted by molar-refractivity contribution is 6.09. The molecule has 1 saturated carbocycles. The van der Waals surface area contributed by atoms with Crippen LogP contribution >= 0.6 is 0 Å². The molecule has 4 aliphatic rings. The monoisotopic (exact) mass is 790 g/mol. The lowest BCUT2D eigenvalue weighted by atomic mass is 9.82. The molecule has 0 spiro atoms. The van der Waals surface area contributed by atoms with Gasteiger partial charge in [0.15, 0.2) is 0 Å². The van der Waals surface area contributed by atoms with Crippen molar-refractivity contribution in [3.8, 4) is 0 Å². The molecule has 56 heavy (non-hydrogen) atoms.